The molecule has 0 saturated carbocycles. The predicted octanol–water partition coefficient (Wildman–Crippen LogP) is 4.73. The molecule has 3 aromatic rings. The van der Waals surface area contributed by atoms with E-state index in [1.165, 1.54) is 43.3 Å². The van der Waals surface area contributed by atoms with Gasteiger partial charge in [-0.15, -0.1) is 11.8 Å². The van der Waals surface area contributed by atoms with E-state index >= 15 is 0 Å². The van der Waals surface area contributed by atoms with Gasteiger partial charge in [0, 0.05) is 0 Å². The molecule has 0 atom stereocenters. The standard InChI is InChI=1S/C20H18F2N2O5S/c1-11-16(18(30-3)24-17(23-11)14-5-4-8-27-14)19(25)28-10-12-6-7-13(29-20(21)22)15(9-12)26-2/h4-9,20H,10H2,1-3H3. The Morgan fingerprint density at radius 3 is 2.67 bits per heavy atom. The number of hydrogen-bond donors (Lipinski definition) is 0. The Kier molecular flexibility index (Phi) is 6.88. The second-order valence-electron chi connectivity index (χ2n) is 5.93. The van der Waals surface area contributed by atoms with Gasteiger partial charge in [0.05, 0.1) is 19.1 Å². The molecular formula is C20H18F2N2O5S. The van der Waals surface area contributed by atoms with Gasteiger partial charge < -0.3 is 18.6 Å². The summed E-state index contributed by atoms with van der Waals surface area (Å²) in [6.07, 6.45) is 3.30. The van der Waals surface area contributed by atoms with Crippen molar-refractivity contribution in [3.05, 3.63) is 53.4 Å². The number of esters is 1. The number of carbonyl (C=O) groups is 1. The molecule has 0 unspecified atom stereocenters. The normalized spacial score (nSPS) is 10.9. The molecule has 0 amide bonds. The van der Waals surface area contributed by atoms with Crippen molar-refractivity contribution in [2.75, 3.05) is 13.4 Å². The number of methoxy groups -OCH3 is 1. The van der Waals surface area contributed by atoms with Crippen molar-refractivity contribution in [2.24, 2.45) is 0 Å². The van der Waals surface area contributed by atoms with Crippen LogP contribution in [-0.4, -0.2) is 35.9 Å². The minimum absolute atomic E-state index is 0.0999. The third-order valence-corrected chi connectivity index (χ3v) is 4.69. The molecule has 158 valence electrons. The smallest absolute Gasteiger partial charge is 0.387 e. The van der Waals surface area contributed by atoms with Gasteiger partial charge in [-0.25, -0.2) is 14.8 Å². The van der Waals surface area contributed by atoms with E-state index < -0.39 is 12.6 Å². The number of aryl methyl sites for hydroxylation is 1. The molecule has 0 aliphatic heterocycles. The predicted molar refractivity (Wildman–Crippen MR) is 105 cm³/mol. The summed E-state index contributed by atoms with van der Waals surface area (Å²) in [5.41, 5.74) is 1.24. The first kappa shape index (κ1) is 21.6. The van der Waals surface area contributed by atoms with E-state index in [2.05, 4.69) is 14.7 Å². The monoisotopic (exact) mass is 436 g/mol. The van der Waals surface area contributed by atoms with Gasteiger partial charge in [0.25, 0.3) is 0 Å². The van der Waals surface area contributed by atoms with Crippen LogP contribution in [0.2, 0.25) is 0 Å². The summed E-state index contributed by atoms with van der Waals surface area (Å²) in [5.74, 6) is 0.264. The molecule has 0 aliphatic rings. The fourth-order valence-electron chi connectivity index (χ4n) is 2.66. The Balaban J connectivity index is 1.78. The molecule has 3 rings (SSSR count). The van der Waals surface area contributed by atoms with Crippen LogP contribution < -0.4 is 9.47 Å². The highest BCUT2D eigenvalue weighted by Crippen LogP contribution is 2.30. The molecule has 2 heterocycles. The highest BCUT2D eigenvalue weighted by molar-refractivity contribution is 7.98. The number of thioether (sulfide) groups is 1. The Morgan fingerprint density at radius 1 is 1.23 bits per heavy atom. The number of alkyl halides is 2. The van der Waals surface area contributed by atoms with Crippen LogP contribution in [0.4, 0.5) is 8.78 Å². The lowest BCUT2D eigenvalue weighted by Crippen LogP contribution is -2.12. The van der Waals surface area contributed by atoms with Gasteiger partial charge in [0.15, 0.2) is 23.1 Å². The average molecular weight is 436 g/mol. The minimum atomic E-state index is -2.97. The highest BCUT2D eigenvalue weighted by atomic mass is 32.2. The van der Waals surface area contributed by atoms with Gasteiger partial charge in [0.2, 0.25) is 0 Å². The molecular weight excluding hydrogens is 418 g/mol. The second kappa shape index (κ2) is 9.57. The van der Waals surface area contributed by atoms with E-state index in [1.807, 2.05) is 0 Å². The first-order valence-corrected chi connectivity index (χ1v) is 9.90. The summed E-state index contributed by atoms with van der Waals surface area (Å²) in [6, 6.07) is 7.75. The topological polar surface area (TPSA) is 83.7 Å². The number of carbonyl (C=O) groups excluding carboxylic acids is 1. The SMILES string of the molecule is COc1cc(COC(=O)c2c(C)nc(-c3ccco3)nc2SC)ccc1OC(F)F. The summed E-state index contributed by atoms with van der Waals surface area (Å²) < 4.78 is 45.0. The Labute approximate surface area is 175 Å². The van der Waals surface area contributed by atoms with Crippen LogP contribution in [0.25, 0.3) is 11.6 Å². The fraction of sp³-hybridized carbons (Fsp3) is 0.250. The van der Waals surface area contributed by atoms with Gasteiger partial charge in [-0.1, -0.05) is 6.07 Å². The molecule has 10 heteroatoms. The summed E-state index contributed by atoms with van der Waals surface area (Å²) >= 11 is 1.28. The van der Waals surface area contributed by atoms with Crippen LogP contribution >= 0.6 is 11.8 Å². The largest absolute Gasteiger partial charge is 0.493 e. The average Bonchev–Trinajstić information content (AvgIpc) is 3.26. The Morgan fingerprint density at radius 2 is 2.03 bits per heavy atom. The zero-order chi connectivity index (χ0) is 21.7. The maximum Gasteiger partial charge on any atom is 0.387 e. The molecule has 7 nitrogen and oxygen atoms in total. The highest BCUT2D eigenvalue weighted by Gasteiger charge is 2.21. The van der Waals surface area contributed by atoms with Gasteiger partial charge in [0.1, 0.15) is 17.2 Å². The molecule has 0 spiro atoms. The number of hydrogen-bond acceptors (Lipinski definition) is 8. The van der Waals surface area contributed by atoms with Gasteiger partial charge >= 0.3 is 12.6 Å². The third-order valence-electron chi connectivity index (χ3n) is 4.01. The van der Waals surface area contributed by atoms with E-state index in [1.54, 1.807) is 25.3 Å². The minimum Gasteiger partial charge on any atom is -0.493 e. The number of benzene rings is 1. The van der Waals surface area contributed by atoms with Crippen LogP contribution in [-0.2, 0) is 11.3 Å². The van der Waals surface area contributed by atoms with Crippen LogP contribution in [0.5, 0.6) is 11.5 Å². The molecule has 30 heavy (non-hydrogen) atoms. The molecule has 0 bridgehead atoms. The van der Waals surface area contributed by atoms with Crippen molar-refractivity contribution in [1.29, 1.82) is 0 Å². The second-order valence-corrected chi connectivity index (χ2v) is 6.73. The summed E-state index contributed by atoms with van der Waals surface area (Å²) in [4.78, 5) is 21.4. The van der Waals surface area contributed by atoms with Gasteiger partial charge in [-0.05, 0) is 43.0 Å². The quantitative estimate of drug-likeness (QED) is 0.285. The van der Waals surface area contributed by atoms with Crippen LogP contribution in [0.1, 0.15) is 21.6 Å². The van der Waals surface area contributed by atoms with Crippen LogP contribution in [0, 0.1) is 6.92 Å². The summed E-state index contributed by atoms with van der Waals surface area (Å²) in [6.45, 7) is -1.39. The van der Waals surface area contributed by atoms with E-state index in [9.17, 15) is 13.6 Å². The fourth-order valence-corrected chi connectivity index (χ4v) is 3.27. The zero-order valence-corrected chi connectivity index (χ0v) is 17.2. The van der Waals surface area contributed by atoms with Crippen molar-refractivity contribution in [3.8, 4) is 23.1 Å². The number of rotatable bonds is 8. The maximum absolute atomic E-state index is 12.7. The number of nitrogens with zero attached hydrogens (tertiary/aromatic N) is 2. The van der Waals surface area contributed by atoms with E-state index in [0.29, 0.717) is 27.9 Å². The first-order valence-electron chi connectivity index (χ1n) is 8.68. The number of halogens is 2. The van der Waals surface area contributed by atoms with Crippen molar-refractivity contribution in [1.82, 2.24) is 9.97 Å². The summed E-state index contributed by atoms with van der Waals surface area (Å²) in [5, 5.41) is 0.456. The number of furan rings is 1. The molecule has 2 aromatic heterocycles. The third kappa shape index (κ3) is 4.88. The first-order chi connectivity index (χ1) is 14.4. The van der Waals surface area contributed by atoms with Crippen molar-refractivity contribution >= 4 is 17.7 Å². The Bertz CT molecular complexity index is 1030. The number of ether oxygens (including phenoxy) is 3. The van der Waals surface area contributed by atoms with E-state index in [-0.39, 0.29) is 23.7 Å². The lowest BCUT2D eigenvalue weighted by atomic mass is 10.2. The number of aromatic nitrogens is 2. The maximum atomic E-state index is 12.7. The van der Waals surface area contributed by atoms with E-state index in [0.717, 1.165) is 0 Å². The molecule has 0 saturated heterocycles. The Hall–Kier alpha value is -3.14. The zero-order valence-electron chi connectivity index (χ0n) is 16.3. The summed E-state index contributed by atoms with van der Waals surface area (Å²) in [7, 11) is 1.33. The molecule has 0 radical (unpaired) electrons. The molecule has 0 N–H and O–H groups in total. The van der Waals surface area contributed by atoms with E-state index in [4.69, 9.17) is 13.9 Å². The van der Waals surface area contributed by atoms with Gasteiger partial charge in [-0.2, -0.15) is 8.78 Å². The lowest BCUT2D eigenvalue weighted by Gasteiger charge is -2.13. The molecule has 0 fully saturated rings. The lowest BCUT2D eigenvalue weighted by molar-refractivity contribution is -0.0512. The molecule has 0 aliphatic carbocycles. The molecule has 1 aromatic carbocycles. The van der Waals surface area contributed by atoms with Crippen LogP contribution in [0.3, 0.4) is 0 Å². The van der Waals surface area contributed by atoms with Crippen molar-refractivity contribution in [3.63, 3.8) is 0 Å². The van der Waals surface area contributed by atoms with Crippen LogP contribution in [0.15, 0.2) is 46.0 Å². The van der Waals surface area contributed by atoms with Crippen molar-refractivity contribution in [2.45, 2.75) is 25.2 Å². The van der Waals surface area contributed by atoms with Gasteiger partial charge in [-0.3, -0.25) is 0 Å². The van der Waals surface area contributed by atoms with Crippen molar-refractivity contribution < 1.29 is 32.2 Å².